The van der Waals surface area contributed by atoms with Crippen LogP contribution in [0.4, 0.5) is 0 Å². The van der Waals surface area contributed by atoms with Gasteiger partial charge in [0.2, 0.25) is 0 Å². The zero-order chi connectivity index (χ0) is 9.12. The molecule has 68 valence electrons. The highest BCUT2D eigenvalue weighted by Gasteiger charge is 2.19. The molecule has 0 fully saturated rings. The van der Waals surface area contributed by atoms with Gasteiger partial charge in [0.25, 0.3) is 0 Å². The molecule has 0 heterocycles. The average molecular weight is 176 g/mol. The van der Waals surface area contributed by atoms with Gasteiger partial charge >= 0.3 is 0 Å². The van der Waals surface area contributed by atoms with E-state index < -0.39 is 0 Å². The molecule has 0 aliphatic carbocycles. The fourth-order valence-corrected chi connectivity index (χ4v) is 0.675. The van der Waals surface area contributed by atoms with Gasteiger partial charge in [0.15, 0.2) is 0 Å². The lowest BCUT2D eigenvalue weighted by Gasteiger charge is -2.28. The second-order valence-electron chi connectivity index (χ2n) is 4.48. The van der Waals surface area contributed by atoms with Crippen molar-refractivity contribution in [3.05, 3.63) is 0 Å². The number of nitrogens with one attached hydrogen (secondary N) is 1. The van der Waals surface area contributed by atoms with Gasteiger partial charge < -0.3 is 5.32 Å². The van der Waals surface area contributed by atoms with Crippen LogP contribution >= 0.6 is 11.9 Å². The maximum Gasteiger partial charge on any atom is 0.0370 e. The Labute approximate surface area is 74.4 Å². The van der Waals surface area contributed by atoms with Crippen LogP contribution in [-0.2, 0) is 0 Å². The predicted octanol–water partition coefficient (Wildman–Crippen LogP) is 1.76. The fraction of sp³-hybridized carbons (Fsp3) is 1.00. The fourth-order valence-electron chi connectivity index (χ4n) is 0.520. The lowest BCUT2D eigenvalue weighted by molar-refractivity contribution is 0.406. The van der Waals surface area contributed by atoms with Crippen LogP contribution in [0.3, 0.4) is 0 Å². The Morgan fingerprint density at radius 1 is 1.18 bits per heavy atom. The third-order valence-corrected chi connectivity index (χ3v) is 2.15. The molecule has 0 aromatic rings. The van der Waals surface area contributed by atoms with E-state index in [1.165, 1.54) is 11.9 Å². The van der Waals surface area contributed by atoms with Crippen LogP contribution in [0.25, 0.3) is 0 Å². The zero-order valence-electron chi connectivity index (χ0n) is 8.19. The third kappa shape index (κ3) is 6.66. The van der Waals surface area contributed by atoms with Crippen LogP contribution in [0.5, 0.6) is 0 Å². The van der Waals surface area contributed by atoms with Crippen LogP contribution in [0.15, 0.2) is 0 Å². The van der Waals surface area contributed by atoms with E-state index in [2.05, 4.69) is 39.9 Å². The highest BCUT2D eigenvalue weighted by atomic mass is 32.2. The van der Waals surface area contributed by atoms with Crippen molar-refractivity contribution < 1.29 is 0 Å². The molecule has 0 aliphatic heterocycles. The second kappa shape index (κ2) is 3.78. The molecule has 0 aromatic carbocycles. The van der Waals surface area contributed by atoms with Crippen LogP contribution < -0.4 is 10.5 Å². The molecule has 2 nitrogen and oxygen atoms in total. The van der Waals surface area contributed by atoms with Gasteiger partial charge in [0.1, 0.15) is 0 Å². The van der Waals surface area contributed by atoms with Gasteiger partial charge in [-0.05, 0) is 34.6 Å². The molecule has 11 heavy (non-hydrogen) atoms. The Kier molecular flexibility index (Phi) is 3.88. The van der Waals surface area contributed by atoms with Crippen LogP contribution in [0.2, 0.25) is 0 Å². The first-order valence-electron chi connectivity index (χ1n) is 3.90. The third-order valence-electron chi connectivity index (χ3n) is 1.36. The van der Waals surface area contributed by atoms with Crippen LogP contribution in [0, 0.1) is 0 Å². The summed E-state index contributed by atoms with van der Waals surface area (Å²) in [6.07, 6.45) is 0. The molecule has 0 aromatic heterocycles. The Balaban J connectivity index is 3.70. The molecule has 3 N–H and O–H groups in total. The first kappa shape index (κ1) is 11.3. The Morgan fingerprint density at radius 2 is 1.64 bits per heavy atom. The van der Waals surface area contributed by atoms with E-state index in [1.54, 1.807) is 0 Å². The molecule has 0 bridgehead atoms. The largest absolute Gasteiger partial charge is 0.311 e. The summed E-state index contributed by atoms with van der Waals surface area (Å²) in [5.74, 6) is 0. The van der Waals surface area contributed by atoms with Gasteiger partial charge in [-0.2, -0.15) is 0 Å². The standard InChI is InChI=1S/C8H20N2S/c1-7(2,3)10-6-8(4,5)11-9/h10H,6,9H2,1-5H3. The molecular formula is C8H20N2S. The van der Waals surface area contributed by atoms with Crippen molar-refractivity contribution in [1.82, 2.24) is 5.32 Å². The molecule has 0 amide bonds. The molecule has 0 aliphatic rings. The Hall–Kier alpha value is 0.270. The van der Waals surface area contributed by atoms with E-state index in [0.29, 0.717) is 0 Å². The van der Waals surface area contributed by atoms with Gasteiger partial charge in [0, 0.05) is 16.8 Å². The Morgan fingerprint density at radius 3 is 1.91 bits per heavy atom. The van der Waals surface area contributed by atoms with Crippen molar-refractivity contribution in [1.29, 1.82) is 0 Å². The molecule has 0 atom stereocenters. The molecule has 0 unspecified atom stereocenters. The average Bonchev–Trinajstić information content (AvgIpc) is 1.83. The number of nitrogens with two attached hydrogens (primary N) is 1. The predicted molar refractivity (Wildman–Crippen MR) is 53.6 cm³/mol. The lowest BCUT2D eigenvalue weighted by atomic mass is 10.1. The van der Waals surface area contributed by atoms with Crippen molar-refractivity contribution in [3.8, 4) is 0 Å². The van der Waals surface area contributed by atoms with Gasteiger partial charge in [-0.1, -0.05) is 11.9 Å². The minimum Gasteiger partial charge on any atom is -0.311 e. The summed E-state index contributed by atoms with van der Waals surface area (Å²) in [6.45, 7) is 11.7. The maximum atomic E-state index is 5.51. The van der Waals surface area contributed by atoms with E-state index >= 15 is 0 Å². The van der Waals surface area contributed by atoms with Crippen molar-refractivity contribution in [2.45, 2.75) is 44.9 Å². The monoisotopic (exact) mass is 176 g/mol. The molecule has 0 rings (SSSR count). The van der Waals surface area contributed by atoms with Gasteiger partial charge in [-0.25, -0.2) is 0 Å². The SMILES string of the molecule is CC(C)(C)NCC(C)(C)SN. The van der Waals surface area contributed by atoms with Gasteiger partial charge in [-0.3, -0.25) is 5.14 Å². The maximum absolute atomic E-state index is 5.51. The van der Waals surface area contributed by atoms with Crippen molar-refractivity contribution in [2.75, 3.05) is 6.54 Å². The summed E-state index contributed by atoms with van der Waals surface area (Å²) >= 11 is 1.41. The molecule has 0 radical (unpaired) electrons. The topological polar surface area (TPSA) is 38.0 Å². The van der Waals surface area contributed by atoms with Crippen molar-refractivity contribution >= 4 is 11.9 Å². The summed E-state index contributed by atoms with van der Waals surface area (Å²) in [5.41, 5.74) is 0.188. The number of hydrogen-bond acceptors (Lipinski definition) is 3. The van der Waals surface area contributed by atoms with Crippen molar-refractivity contribution in [3.63, 3.8) is 0 Å². The zero-order valence-corrected chi connectivity index (χ0v) is 9.01. The van der Waals surface area contributed by atoms with Crippen LogP contribution in [-0.4, -0.2) is 16.8 Å². The summed E-state index contributed by atoms with van der Waals surface area (Å²) in [6, 6.07) is 0. The molecule has 0 spiro atoms. The smallest absolute Gasteiger partial charge is 0.0370 e. The van der Waals surface area contributed by atoms with E-state index in [4.69, 9.17) is 5.14 Å². The van der Waals surface area contributed by atoms with E-state index in [0.717, 1.165) is 6.54 Å². The number of hydrogen-bond donors (Lipinski definition) is 2. The van der Waals surface area contributed by atoms with E-state index in [9.17, 15) is 0 Å². The summed E-state index contributed by atoms with van der Waals surface area (Å²) < 4.78 is 0.132. The molecule has 3 heteroatoms. The molecular weight excluding hydrogens is 156 g/mol. The first-order valence-corrected chi connectivity index (χ1v) is 4.78. The first-order chi connectivity index (χ1) is 4.77. The quantitative estimate of drug-likeness (QED) is 0.644. The van der Waals surface area contributed by atoms with E-state index in [1.807, 2.05) is 0 Å². The van der Waals surface area contributed by atoms with Gasteiger partial charge in [0.05, 0.1) is 0 Å². The highest BCUT2D eigenvalue weighted by molar-refractivity contribution is 7.98. The normalized spacial score (nSPS) is 13.6. The van der Waals surface area contributed by atoms with Crippen molar-refractivity contribution in [2.24, 2.45) is 5.14 Å². The van der Waals surface area contributed by atoms with Gasteiger partial charge in [-0.15, -0.1) is 0 Å². The number of rotatable bonds is 3. The van der Waals surface area contributed by atoms with E-state index in [-0.39, 0.29) is 10.3 Å². The van der Waals surface area contributed by atoms with Crippen LogP contribution in [0.1, 0.15) is 34.6 Å². The Bertz CT molecular complexity index is 116. The second-order valence-corrected chi connectivity index (χ2v) is 5.82. The molecule has 0 saturated carbocycles. The molecule has 0 saturated heterocycles. The summed E-state index contributed by atoms with van der Waals surface area (Å²) in [4.78, 5) is 0. The minimum absolute atomic E-state index is 0.132. The highest BCUT2D eigenvalue weighted by Crippen LogP contribution is 2.17. The summed E-state index contributed by atoms with van der Waals surface area (Å²) in [7, 11) is 0. The minimum atomic E-state index is 0.132. The lowest BCUT2D eigenvalue weighted by Crippen LogP contribution is -2.43. The summed E-state index contributed by atoms with van der Waals surface area (Å²) in [5, 5.41) is 8.92.